The van der Waals surface area contributed by atoms with E-state index in [2.05, 4.69) is 10.1 Å². The number of hydrogen-bond acceptors (Lipinski definition) is 7. The summed E-state index contributed by atoms with van der Waals surface area (Å²) < 4.78 is 29.4. The Kier molecular flexibility index (Phi) is 5.57. The zero-order valence-electron chi connectivity index (χ0n) is 17.5. The number of hydroxylamine groups is 1. The molecule has 9 nitrogen and oxygen atoms in total. The Balaban J connectivity index is 1.56. The zero-order chi connectivity index (χ0) is 22.9. The van der Waals surface area contributed by atoms with Crippen LogP contribution in [0.2, 0.25) is 0 Å². The van der Waals surface area contributed by atoms with Crippen LogP contribution in [0.3, 0.4) is 0 Å². The van der Waals surface area contributed by atoms with Gasteiger partial charge in [-0.1, -0.05) is 18.2 Å². The fourth-order valence-electron chi connectivity index (χ4n) is 3.46. The molecule has 0 radical (unpaired) electrons. The standard InChI is InChI=1S/C22H22N4O5S/c1-22(21(27)25-28,32(2,29)30)9-11-26-14-18-13-17(7-8-19(18)24-26)15-3-5-16(6-4-15)20-23-10-12-31-20/h3-8,10,12-14,28H,9,11H2,1-2H3,(H,25,27). The molecule has 0 aliphatic rings. The molecule has 1 unspecified atom stereocenters. The molecule has 0 saturated carbocycles. The second-order valence-electron chi connectivity index (χ2n) is 7.77. The molecule has 4 rings (SSSR count). The van der Waals surface area contributed by atoms with Crippen molar-refractivity contribution in [2.45, 2.75) is 24.6 Å². The lowest BCUT2D eigenvalue weighted by Gasteiger charge is -2.24. The number of hydrogen-bond donors (Lipinski definition) is 2. The number of rotatable bonds is 7. The van der Waals surface area contributed by atoms with Crippen LogP contribution in [0.4, 0.5) is 0 Å². The van der Waals surface area contributed by atoms with Crippen LogP contribution in [-0.2, 0) is 21.2 Å². The maximum atomic E-state index is 12.1. The van der Waals surface area contributed by atoms with Crippen molar-refractivity contribution in [1.82, 2.24) is 20.2 Å². The fourth-order valence-corrected chi connectivity index (χ4v) is 4.30. The van der Waals surface area contributed by atoms with Crippen molar-refractivity contribution >= 4 is 26.6 Å². The number of oxazole rings is 1. The monoisotopic (exact) mass is 454 g/mol. The van der Waals surface area contributed by atoms with Gasteiger partial charge in [-0.25, -0.2) is 18.9 Å². The topological polar surface area (TPSA) is 127 Å². The summed E-state index contributed by atoms with van der Waals surface area (Å²) in [5, 5.41) is 14.3. The van der Waals surface area contributed by atoms with Crippen molar-refractivity contribution in [2.75, 3.05) is 6.26 Å². The minimum atomic E-state index is -3.76. The van der Waals surface area contributed by atoms with Gasteiger partial charge in [0.2, 0.25) is 5.89 Å². The first kappa shape index (κ1) is 21.7. The van der Waals surface area contributed by atoms with E-state index < -0.39 is 20.5 Å². The normalized spacial score (nSPS) is 13.7. The van der Waals surface area contributed by atoms with Gasteiger partial charge in [-0.15, -0.1) is 0 Å². The Morgan fingerprint density at radius 1 is 1.16 bits per heavy atom. The third kappa shape index (κ3) is 4.02. The van der Waals surface area contributed by atoms with E-state index in [1.165, 1.54) is 18.7 Å². The van der Waals surface area contributed by atoms with Crippen LogP contribution < -0.4 is 5.48 Å². The van der Waals surface area contributed by atoms with Gasteiger partial charge in [0.05, 0.1) is 11.7 Å². The van der Waals surface area contributed by atoms with E-state index in [-0.39, 0.29) is 13.0 Å². The van der Waals surface area contributed by atoms with E-state index in [1.807, 2.05) is 42.5 Å². The number of fused-ring (bicyclic) bond motifs is 1. The van der Waals surface area contributed by atoms with Gasteiger partial charge in [0.1, 0.15) is 6.26 Å². The number of carbonyl (C=O) groups is 1. The third-order valence-electron chi connectivity index (χ3n) is 5.67. The van der Waals surface area contributed by atoms with Gasteiger partial charge in [-0.2, -0.15) is 5.10 Å². The highest BCUT2D eigenvalue weighted by Gasteiger charge is 2.43. The molecule has 0 saturated heterocycles. The number of carbonyl (C=O) groups excluding carboxylic acids is 1. The zero-order valence-corrected chi connectivity index (χ0v) is 18.3. The Morgan fingerprint density at radius 3 is 2.47 bits per heavy atom. The van der Waals surface area contributed by atoms with Gasteiger partial charge < -0.3 is 4.42 Å². The SMILES string of the molecule is CC(CCn1cc2cc(-c3ccc(-c4ncco4)cc3)ccc2n1)(C(=O)NO)S(C)(=O)=O. The Morgan fingerprint density at radius 2 is 1.84 bits per heavy atom. The molecule has 2 aromatic carbocycles. The molecule has 0 bridgehead atoms. The van der Waals surface area contributed by atoms with E-state index in [4.69, 9.17) is 9.62 Å². The van der Waals surface area contributed by atoms with Gasteiger partial charge >= 0.3 is 0 Å². The van der Waals surface area contributed by atoms with Crippen molar-refractivity contribution < 1.29 is 22.8 Å². The minimum Gasteiger partial charge on any atom is -0.445 e. The van der Waals surface area contributed by atoms with Crippen LogP contribution in [-0.4, -0.2) is 45.3 Å². The molecule has 0 aliphatic carbocycles. The predicted molar refractivity (Wildman–Crippen MR) is 118 cm³/mol. The molecular formula is C22H22N4O5S. The van der Waals surface area contributed by atoms with Crippen LogP contribution in [0.15, 0.2) is 65.5 Å². The first-order valence-electron chi connectivity index (χ1n) is 9.83. The highest BCUT2D eigenvalue weighted by molar-refractivity contribution is 7.92. The molecule has 10 heteroatoms. The molecule has 2 aromatic heterocycles. The molecule has 2 N–H and O–H groups in total. The molecule has 0 aliphatic heterocycles. The summed E-state index contributed by atoms with van der Waals surface area (Å²) in [6, 6.07) is 13.7. The van der Waals surface area contributed by atoms with E-state index in [0.29, 0.717) is 5.89 Å². The summed E-state index contributed by atoms with van der Waals surface area (Å²) in [5.41, 5.74) is 5.10. The molecule has 32 heavy (non-hydrogen) atoms. The number of aromatic nitrogens is 3. The van der Waals surface area contributed by atoms with Crippen LogP contribution in [0.5, 0.6) is 0 Å². The van der Waals surface area contributed by atoms with Crippen LogP contribution in [0.1, 0.15) is 13.3 Å². The summed E-state index contributed by atoms with van der Waals surface area (Å²) in [6.07, 6.45) is 5.87. The summed E-state index contributed by atoms with van der Waals surface area (Å²) in [5.74, 6) is -0.406. The van der Waals surface area contributed by atoms with Crippen LogP contribution >= 0.6 is 0 Å². The fraction of sp³-hybridized carbons (Fsp3) is 0.227. The first-order chi connectivity index (χ1) is 15.2. The van der Waals surface area contributed by atoms with Crippen molar-refractivity contribution in [3.05, 3.63) is 61.1 Å². The van der Waals surface area contributed by atoms with Gasteiger partial charge in [0, 0.05) is 29.9 Å². The highest BCUT2D eigenvalue weighted by atomic mass is 32.2. The van der Waals surface area contributed by atoms with Gasteiger partial charge in [0.25, 0.3) is 5.91 Å². The molecule has 0 spiro atoms. The smallest absolute Gasteiger partial charge is 0.264 e. The first-order valence-corrected chi connectivity index (χ1v) is 11.7. The maximum absolute atomic E-state index is 12.1. The number of aryl methyl sites for hydroxylation is 1. The molecule has 0 fully saturated rings. The number of nitrogens with one attached hydrogen (secondary N) is 1. The lowest BCUT2D eigenvalue weighted by molar-refractivity contribution is -0.131. The average Bonchev–Trinajstić information content (AvgIpc) is 3.45. The largest absolute Gasteiger partial charge is 0.445 e. The summed E-state index contributed by atoms with van der Waals surface area (Å²) in [7, 11) is -3.76. The Labute approximate surface area is 184 Å². The Bertz CT molecular complexity index is 1360. The molecule has 1 amide bonds. The molecular weight excluding hydrogens is 432 g/mol. The minimum absolute atomic E-state index is 0.0403. The average molecular weight is 455 g/mol. The summed E-state index contributed by atoms with van der Waals surface area (Å²) >= 11 is 0. The lowest BCUT2D eigenvalue weighted by Crippen LogP contribution is -2.49. The number of nitrogens with zero attached hydrogens (tertiary/aromatic N) is 3. The highest BCUT2D eigenvalue weighted by Crippen LogP contribution is 2.27. The number of sulfone groups is 1. The second-order valence-corrected chi connectivity index (χ2v) is 10.2. The molecule has 166 valence electrons. The van der Waals surface area contributed by atoms with Crippen molar-refractivity contribution in [3.63, 3.8) is 0 Å². The van der Waals surface area contributed by atoms with Gasteiger partial charge in [-0.3, -0.25) is 14.7 Å². The Hall–Kier alpha value is -3.50. The number of amides is 1. The molecule has 4 aromatic rings. The van der Waals surface area contributed by atoms with Crippen molar-refractivity contribution in [2.24, 2.45) is 0 Å². The third-order valence-corrected chi connectivity index (χ3v) is 7.69. The number of benzene rings is 2. The van der Waals surface area contributed by atoms with E-state index in [1.54, 1.807) is 17.1 Å². The second kappa shape index (κ2) is 8.21. The van der Waals surface area contributed by atoms with Crippen molar-refractivity contribution in [3.8, 4) is 22.6 Å². The van der Waals surface area contributed by atoms with E-state index in [0.717, 1.165) is 33.8 Å². The lowest BCUT2D eigenvalue weighted by atomic mass is 10.0. The van der Waals surface area contributed by atoms with Crippen LogP contribution in [0.25, 0.3) is 33.5 Å². The van der Waals surface area contributed by atoms with Crippen molar-refractivity contribution in [1.29, 1.82) is 0 Å². The molecule has 2 heterocycles. The van der Waals surface area contributed by atoms with Gasteiger partial charge in [0.15, 0.2) is 14.6 Å². The quantitative estimate of drug-likeness (QED) is 0.324. The van der Waals surface area contributed by atoms with Crippen LogP contribution in [0, 0.1) is 0 Å². The van der Waals surface area contributed by atoms with E-state index >= 15 is 0 Å². The van der Waals surface area contributed by atoms with E-state index in [9.17, 15) is 13.2 Å². The summed E-state index contributed by atoms with van der Waals surface area (Å²) in [4.78, 5) is 16.1. The maximum Gasteiger partial charge on any atom is 0.264 e. The predicted octanol–water partition coefficient (Wildman–Crippen LogP) is 3.06. The molecule has 1 atom stereocenters. The summed E-state index contributed by atoms with van der Waals surface area (Å²) in [6.45, 7) is 1.48. The van der Waals surface area contributed by atoms with Gasteiger partial charge in [-0.05, 0) is 48.7 Å².